The zero-order valence-electron chi connectivity index (χ0n) is 12.4. The summed E-state index contributed by atoms with van der Waals surface area (Å²) in [7, 11) is 0. The van der Waals surface area contributed by atoms with E-state index < -0.39 is 17.5 Å². The van der Waals surface area contributed by atoms with Gasteiger partial charge in [0.1, 0.15) is 5.69 Å². The first kappa shape index (κ1) is 15.3. The van der Waals surface area contributed by atoms with Crippen molar-refractivity contribution in [2.45, 2.75) is 6.54 Å². The summed E-state index contributed by atoms with van der Waals surface area (Å²) in [4.78, 5) is 28.0. The summed E-state index contributed by atoms with van der Waals surface area (Å²) < 4.78 is 0. The molecule has 3 rings (SSSR count). The average molecular weight is 323 g/mol. The molecule has 3 aromatic heterocycles. The molecular weight excluding hydrogens is 310 g/mol. The lowest BCUT2D eigenvalue weighted by molar-refractivity contribution is 0.0942. The Morgan fingerprint density at radius 2 is 1.96 bits per heavy atom. The van der Waals surface area contributed by atoms with Gasteiger partial charge in [0.15, 0.2) is 11.5 Å². The fourth-order valence-electron chi connectivity index (χ4n) is 1.98. The quantitative estimate of drug-likeness (QED) is 0.661. The number of carbonyl (C=O) groups excluding carboxylic acids is 1. The van der Waals surface area contributed by atoms with Crippen LogP contribution in [0.5, 0.6) is 11.6 Å². The number of rotatable bonds is 4. The van der Waals surface area contributed by atoms with E-state index in [1.807, 2.05) is 0 Å². The van der Waals surface area contributed by atoms with E-state index in [1.54, 1.807) is 42.7 Å². The van der Waals surface area contributed by atoms with E-state index in [9.17, 15) is 15.0 Å². The molecule has 8 heteroatoms. The van der Waals surface area contributed by atoms with Crippen LogP contribution >= 0.6 is 0 Å². The Kier molecular flexibility index (Phi) is 4.28. The molecule has 24 heavy (non-hydrogen) atoms. The van der Waals surface area contributed by atoms with Gasteiger partial charge in [0, 0.05) is 25.1 Å². The van der Waals surface area contributed by atoms with Crippen molar-refractivity contribution in [1.82, 2.24) is 25.3 Å². The van der Waals surface area contributed by atoms with Gasteiger partial charge in [-0.25, -0.2) is 4.98 Å². The van der Waals surface area contributed by atoms with Crippen LogP contribution in [0, 0.1) is 0 Å². The van der Waals surface area contributed by atoms with Crippen LogP contribution in [-0.2, 0) is 6.54 Å². The highest BCUT2D eigenvalue weighted by molar-refractivity contribution is 5.95. The van der Waals surface area contributed by atoms with Gasteiger partial charge in [0.05, 0.1) is 0 Å². The Hall–Kier alpha value is -3.55. The topological polar surface area (TPSA) is 121 Å². The van der Waals surface area contributed by atoms with E-state index in [4.69, 9.17) is 0 Å². The van der Waals surface area contributed by atoms with Crippen molar-refractivity contribution >= 4 is 5.91 Å². The van der Waals surface area contributed by atoms with Gasteiger partial charge in [0.2, 0.25) is 5.75 Å². The smallest absolute Gasteiger partial charge is 0.274 e. The molecule has 0 spiro atoms. The fraction of sp³-hybridized carbons (Fsp3) is 0.0625. The molecule has 0 fully saturated rings. The first-order valence-corrected chi connectivity index (χ1v) is 7.03. The van der Waals surface area contributed by atoms with E-state index in [2.05, 4.69) is 25.3 Å². The fourth-order valence-corrected chi connectivity index (χ4v) is 1.98. The van der Waals surface area contributed by atoms with Crippen molar-refractivity contribution in [3.05, 3.63) is 60.2 Å². The zero-order chi connectivity index (χ0) is 16.9. The van der Waals surface area contributed by atoms with Gasteiger partial charge in [-0.05, 0) is 23.8 Å². The Balaban J connectivity index is 1.86. The molecule has 1 amide bonds. The number of nitrogens with one attached hydrogen (secondary N) is 1. The van der Waals surface area contributed by atoms with Gasteiger partial charge in [-0.1, -0.05) is 12.1 Å². The first-order chi connectivity index (χ1) is 11.6. The summed E-state index contributed by atoms with van der Waals surface area (Å²) in [5, 5.41) is 22.2. The number of hydrogen-bond acceptors (Lipinski definition) is 7. The second kappa shape index (κ2) is 6.69. The molecule has 0 radical (unpaired) electrons. The molecule has 0 bridgehead atoms. The van der Waals surface area contributed by atoms with Crippen LogP contribution in [0.2, 0.25) is 0 Å². The third kappa shape index (κ3) is 3.27. The predicted molar refractivity (Wildman–Crippen MR) is 84.0 cm³/mol. The second-order valence-corrected chi connectivity index (χ2v) is 4.83. The predicted octanol–water partition coefficient (Wildman–Crippen LogP) is 1.27. The second-order valence-electron chi connectivity index (χ2n) is 4.83. The summed E-state index contributed by atoms with van der Waals surface area (Å²) in [6.07, 6.45) is 4.76. The highest BCUT2D eigenvalue weighted by Crippen LogP contribution is 2.28. The zero-order valence-corrected chi connectivity index (χ0v) is 12.4. The largest absolute Gasteiger partial charge is 0.501 e. The number of hydrogen-bond donors (Lipinski definition) is 3. The third-order valence-corrected chi connectivity index (χ3v) is 3.15. The Morgan fingerprint density at radius 1 is 1.08 bits per heavy atom. The van der Waals surface area contributed by atoms with Crippen LogP contribution in [-0.4, -0.2) is 36.1 Å². The minimum atomic E-state index is -0.683. The molecule has 0 saturated heterocycles. The number of aromatic hydroxyl groups is 2. The lowest BCUT2D eigenvalue weighted by atomic mass is 10.2. The number of carbonyl (C=O) groups is 1. The van der Waals surface area contributed by atoms with E-state index in [1.165, 1.54) is 6.20 Å². The van der Waals surface area contributed by atoms with E-state index in [0.29, 0.717) is 5.69 Å². The molecule has 0 unspecified atom stereocenters. The third-order valence-electron chi connectivity index (χ3n) is 3.15. The highest BCUT2D eigenvalue weighted by Gasteiger charge is 2.20. The summed E-state index contributed by atoms with van der Waals surface area (Å²) in [5.74, 6) is -1.97. The summed E-state index contributed by atoms with van der Waals surface area (Å²) >= 11 is 0. The molecule has 8 nitrogen and oxygen atoms in total. The highest BCUT2D eigenvalue weighted by atomic mass is 16.3. The summed E-state index contributed by atoms with van der Waals surface area (Å²) in [6, 6.07) is 8.60. The minimum absolute atomic E-state index is 0.0393. The first-order valence-electron chi connectivity index (χ1n) is 7.03. The maximum Gasteiger partial charge on any atom is 0.274 e. The Morgan fingerprint density at radius 3 is 2.67 bits per heavy atom. The monoisotopic (exact) mass is 323 g/mol. The van der Waals surface area contributed by atoms with Gasteiger partial charge in [-0.15, -0.1) is 0 Å². The van der Waals surface area contributed by atoms with Crippen molar-refractivity contribution in [2.75, 3.05) is 0 Å². The SMILES string of the molecule is O=C(NCc1cccnc1)c1nc(-c2ccccn2)nc(O)c1O. The molecule has 3 N–H and O–H groups in total. The molecule has 0 saturated carbocycles. The van der Waals surface area contributed by atoms with Gasteiger partial charge >= 0.3 is 0 Å². The van der Waals surface area contributed by atoms with Crippen molar-refractivity contribution in [2.24, 2.45) is 0 Å². The lowest BCUT2D eigenvalue weighted by Crippen LogP contribution is -2.24. The lowest BCUT2D eigenvalue weighted by Gasteiger charge is -2.08. The van der Waals surface area contributed by atoms with Crippen LogP contribution < -0.4 is 5.32 Å². The molecular formula is C16H13N5O3. The van der Waals surface area contributed by atoms with Crippen LogP contribution in [0.15, 0.2) is 48.9 Å². The van der Waals surface area contributed by atoms with Crippen LogP contribution in [0.1, 0.15) is 16.1 Å². The number of nitrogens with zero attached hydrogens (tertiary/aromatic N) is 4. The van der Waals surface area contributed by atoms with Gasteiger partial charge in [-0.2, -0.15) is 4.98 Å². The van der Waals surface area contributed by atoms with Crippen LogP contribution in [0.25, 0.3) is 11.5 Å². The summed E-state index contributed by atoms with van der Waals surface area (Å²) in [5.41, 5.74) is 0.828. The number of aromatic nitrogens is 4. The molecule has 3 heterocycles. The standard InChI is InChI=1S/C16H13N5O3/c22-13-12(15(23)19-9-10-4-3-6-17-8-10)20-14(21-16(13)24)11-5-1-2-7-18-11/h1-8,22H,9H2,(H,19,23)(H,20,21,24). The molecule has 0 aliphatic heterocycles. The number of pyridine rings is 2. The maximum atomic E-state index is 12.3. The normalized spacial score (nSPS) is 10.3. The molecule has 3 aromatic rings. The Bertz CT molecular complexity index is 856. The molecule has 0 aromatic carbocycles. The molecule has 0 aliphatic rings. The average Bonchev–Trinajstić information content (AvgIpc) is 2.63. The van der Waals surface area contributed by atoms with Crippen molar-refractivity contribution in [3.63, 3.8) is 0 Å². The molecule has 0 aliphatic carbocycles. The van der Waals surface area contributed by atoms with Crippen molar-refractivity contribution < 1.29 is 15.0 Å². The van der Waals surface area contributed by atoms with Gasteiger partial charge < -0.3 is 15.5 Å². The van der Waals surface area contributed by atoms with Crippen molar-refractivity contribution in [1.29, 1.82) is 0 Å². The van der Waals surface area contributed by atoms with Crippen molar-refractivity contribution in [3.8, 4) is 23.1 Å². The Labute approximate surface area is 136 Å². The van der Waals surface area contributed by atoms with Gasteiger partial charge in [-0.3, -0.25) is 14.8 Å². The van der Waals surface area contributed by atoms with E-state index in [0.717, 1.165) is 5.56 Å². The van der Waals surface area contributed by atoms with Crippen LogP contribution in [0.4, 0.5) is 0 Å². The molecule has 120 valence electrons. The minimum Gasteiger partial charge on any atom is -0.501 e. The number of amides is 1. The maximum absolute atomic E-state index is 12.3. The van der Waals surface area contributed by atoms with E-state index in [-0.39, 0.29) is 18.1 Å². The summed E-state index contributed by atoms with van der Waals surface area (Å²) in [6.45, 7) is 0.204. The van der Waals surface area contributed by atoms with Gasteiger partial charge in [0.25, 0.3) is 11.8 Å². The molecule has 0 atom stereocenters. The van der Waals surface area contributed by atoms with E-state index >= 15 is 0 Å². The van der Waals surface area contributed by atoms with Crippen LogP contribution in [0.3, 0.4) is 0 Å².